The standard InChI is InChI=1S/C13H13ClO3/c1-17-12-3-2-10(14)9-6-8(4-5-15)7-11(16)13(9)12/h2-3,5,8H,4,6-7H2,1H3. The summed E-state index contributed by atoms with van der Waals surface area (Å²) in [6.07, 6.45) is 2.31. The van der Waals surface area contributed by atoms with Crippen molar-refractivity contribution in [2.75, 3.05) is 7.11 Å². The zero-order valence-corrected chi connectivity index (χ0v) is 10.3. The van der Waals surface area contributed by atoms with Crippen molar-refractivity contribution < 1.29 is 14.3 Å². The summed E-state index contributed by atoms with van der Waals surface area (Å²) in [5.74, 6) is 0.647. The molecule has 0 fully saturated rings. The summed E-state index contributed by atoms with van der Waals surface area (Å²) in [6.45, 7) is 0. The first-order chi connectivity index (χ1) is 8.17. The molecule has 0 N–H and O–H groups in total. The highest BCUT2D eigenvalue weighted by atomic mass is 35.5. The maximum atomic E-state index is 12.0. The molecule has 0 saturated carbocycles. The lowest BCUT2D eigenvalue weighted by Crippen LogP contribution is -2.21. The molecule has 1 aliphatic rings. The van der Waals surface area contributed by atoms with Crippen molar-refractivity contribution in [2.45, 2.75) is 19.3 Å². The molecule has 17 heavy (non-hydrogen) atoms. The number of ketones is 1. The van der Waals surface area contributed by atoms with Gasteiger partial charge < -0.3 is 9.53 Å². The second-order valence-electron chi connectivity index (χ2n) is 4.20. The van der Waals surface area contributed by atoms with Crippen LogP contribution in [-0.2, 0) is 11.2 Å². The van der Waals surface area contributed by atoms with E-state index in [1.54, 1.807) is 12.1 Å². The topological polar surface area (TPSA) is 43.4 Å². The number of carbonyl (C=O) groups excluding carboxylic acids is 2. The van der Waals surface area contributed by atoms with Gasteiger partial charge in [0.1, 0.15) is 12.0 Å². The number of Topliss-reactive ketones (excluding diaryl/α,β-unsaturated/α-hetero) is 1. The minimum atomic E-state index is 0.0115. The van der Waals surface area contributed by atoms with Gasteiger partial charge in [-0.25, -0.2) is 0 Å². The Kier molecular flexibility index (Phi) is 3.48. The van der Waals surface area contributed by atoms with Crippen LogP contribution in [0.25, 0.3) is 0 Å². The number of ether oxygens (including phenoxy) is 1. The van der Waals surface area contributed by atoms with Crippen LogP contribution >= 0.6 is 11.6 Å². The number of aldehydes is 1. The van der Waals surface area contributed by atoms with Crippen molar-refractivity contribution in [3.8, 4) is 5.75 Å². The molecule has 1 aliphatic carbocycles. The summed E-state index contributed by atoms with van der Waals surface area (Å²) in [5.41, 5.74) is 1.40. The molecule has 1 atom stereocenters. The van der Waals surface area contributed by atoms with E-state index in [9.17, 15) is 9.59 Å². The lowest BCUT2D eigenvalue weighted by atomic mass is 9.81. The average molecular weight is 253 g/mol. The van der Waals surface area contributed by atoms with E-state index in [4.69, 9.17) is 16.3 Å². The fourth-order valence-corrected chi connectivity index (χ4v) is 2.54. The van der Waals surface area contributed by atoms with E-state index in [0.29, 0.717) is 35.6 Å². The number of fused-ring (bicyclic) bond motifs is 1. The highest BCUT2D eigenvalue weighted by Crippen LogP contribution is 2.37. The largest absolute Gasteiger partial charge is 0.496 e. The van der Waals surface area contributed by atoms with E-state index >= 15 is 0 Å². The van der Waals surface area contributed by atoms with Crippen LogP contribution in [0.4, 0.5) is 0 Å². The smallest absolute Gasteiger partial charge is 0.167 e. The van der Waals surface area contributed by atoms with Crippen LogP contribution in [-0.4, -0.2) is 19.2 Å². The number of hydrogen-bond donors (Lipinski definition) is 0. The molecule has 1 aromatic rings. The van der Waals surface area contributed by atoms with Gasteiger partial charge in [-0.2, -0.15) is 0 Å². The van der Waals surface area contributed by atoms with Crippen LogP contribution in [0.5, 0.6) is 5.75 Å². The maximum absolute atomic E-state index is 12.0. The fraction of sp³-hybridized carbons (Fsp3) is 0.385. The number of carbonyl (C=O) groups is 2. The van der Waals surface area contributed by atoms with Gasteiger partial charge in [0.05, 0.1) is 12.7 Å². The first kappa shape index (κ1) is 12.1. The van der Waals surface area contributed by atoms with Crippen molar-refractivity contribution >= 4 is 23.7 Å². The molecule has 0 aromatic heterocycles. The normalized spacial score (nSPS) is 18.7. The van der Waals surface area contributed by atoms with Gasteiger partial charge in [0.2, 0.25) is 0 Å². The van der Waals surface area contributed by atoms with Crippen LogP contribution < -0.4 is 4.74 Å². The molecule has 2 rings (SSSR count). The Balaban J connectivity index is 2.46. The predicted molar refractivity (Wildman–Crippen MR) is 64.8 cm³/mol. The van der Waals surface area contributed by atoms with Gasteiger partial charge in [0, 0.05) is 17.9 Å². The zero-order chi connectivity index (χ0) is 12.4. The molecular weight excluding hydrogens is 240 g/mol. The van der Waals surface area contributed by atoms with Crippen LogP contribution in [0.1, 0.15) is 28.8 Å². The van der Waals surface area contributed by atoms with Gasteiger partial charge in [-0.05, 0) is 30.0 Å². The first-order valence-corrected chi connectivity index (χ1v) is 5.87. The molecule has 0 spiro atoms. The quantitative estimate of drug-likeness (QED) is 0.777. The zero-order valence-electron chi connectivity index (χ0n) is 9.53. The molecule has 0 saturated heterocycles. The molecule has 3 nitrogen and oxygen atoms in total. The van der Waals surface area contributed by atoms with Crippen LogP contribution in [0.2, 0.25) is 5.02 Å². The highest BCUT2D eigenvalue weighted by molar-refractivity contribution is 6.32. The van der Waals surface area contributed by atoms with Crippen molar-refractivity contribution in [1.82, 2.24) is 0 Å². The second-order valence-corrected chi connectivity index (χ2v) is 4.61. The molecule has 0 heterocycles. The highest BCUT2D eigenvalue weighted by Gasteiger charge is 2.29. The maximum Gasteiger partial charge on any atom is 0.167 e. The van der Waals surface area contributed by atoms with E-state index < -0.39 is 0 Å². The Morgan fingerprint density at radius 3 is 2.88 bits per heavy atom. The predicted octanol–water partition coefficient (Wildman–Crippen LogP) is 2.68. The van der Waals surface area contributed by atoms with E-state index in [-0.39, 0.29) is 11.7 Å². The number of benzene rings is 1. The van der Waals surface area contributed by atoms with Crippen LogP contribution in [0.15, 0.2) is 12.1 Å². The third-order valence-corrected chi connectivity index (χ3v) is 3.47. The number of halogens is 1. The monoisotopic (exact) mass is 252 g/mol. The molecule has 0 aliphatic heterocycles. The molecule has 90 valence electrons. The minimum absolute atomic E-state index is 0.0115. The third-order valence-electron chi connectivity index (χ3n) is 3.11. The first-order valence-electron chi connectivity index (χ1n) is 5.49. The molecule has 1 unspecified atom stereocenters. The molecule has 0 bridgehead atoms. The fourth-order valence-electron chi connectivity index (χ4n) is 2.30. The Hall–Kier alpha value is -1.35. The summed E-state index contributed by atoms with van der Waals surface area (Å²) >= 11 is 6.11. The van der Waals surface area contributed by atoms with Gasteiger partial charge in [-0.1, -0.05) is 11.6 Å². The Morgan fingerprint density at radius 1 is 1.47 bits per heavy atom. The van der Waals surface area contributed by atoms with E-state index in [2.05, 4.69) is 0 Å². The second kappa shape index (κ2) is 4.88. The van der Waals surface area contributed by atoms with Crippen LogP contribution in [0, 0.1) is 5.92 Å². The summed E-state index contributed by atoms with van der Waals surface area (Å²) < 4.78 is 5.18. The molecule has 0 amide bonds. The molecule has 0 radical (unpaired) electrons. The van der Waals surface area contributed by atoms with Gasteiger partial charge >= 0.3 is 0 Å². The van der Waals surface area contributed by atoms with Crippen molar-refractivity contribution in [2.24, 2.45) is 5.92 Å². The molecule has 4 heteroatoms. The summed E-state index contributed by atoms with van der Waals surface area (Å²) in [4.78, 5) is 22.6. The third kappa shape index (κ3) is 2.20. The van der Waals surface area contributed by atoms with E-state index in [1.165, 1.54) is 7.11 Å². The number of hydrogen-bond acceptors (Lipinski definition) is 3. The summed E-state index contributed by atoms with van der Waals surface area (Å²) in [5, 5.41) is 0.574. The Morgan fingerprint density at radius 2 is 2.24 bits per heavy atom. The Labute approximate surface area is 105 Å². The van der Waals surface area contributed by atoms with Gasteiger partial charge in [0.25, 0.3) is 0 Å². The van der Waals surface area contributed by atoms with Gasteiger partial charge in [-0.15, -0.1) is 0 Å². The molecular formula is C13H13ClO3. The Bertz CT molecular complexity index is 468. The number of rotatable bonds is 3. The van der Waals surface area contributed by atoms with E-state index in [0.717, 1.165) is 11.8 Å². The SMILES string of the molecule is COc1ccc(Cl)c2c1C(=O)CC(CC=O)C2. The summed E-state index contributed by atoms with van der Waals surface area (Å²) in [7, 11) is 1.54. The van der Waals surface area contributed by atoms with Crippen molar-refractivity contribution in [1.29, 1.82) is 0 Å². The van der Waals surface area contributed by atoms with Crippen molar-refractivity contribution in [3.05, 3.63) is 28.3 Å². The van der Waals surface area contributed by atoms with Crippen molar-refractivity contribution in [3.63, 3.8) is 0 Å². The average Bonchev–Trinajstić information content (AvgIpc) is 2.31. The minimum Gasteiger partial charge on any atom is -0.496 e. The van der Waals surface area contributed by atoms with Crippen LogP contribution in [0.3, 0.4) is 0 Å². The lowest BCUT2D eigenvalue weighted by molar-refractivity contribution is -0.108. The van der Waals surface area contributed by atoms with E-state index in [1.807, 2.05) is 0 Å². The van der Waals surface area contributed by atoms with Gasteiger partial charge in [-0.3, -0.25) is 4.79 Å². The molecule has 1 aromatic carbocycles. The number of methoxy groups -OCH3 is 1. The van der Waals surface area contributed by atoms with Gasteiger partial charge in [0.15, 0.2) is 5.78 Å². The lowest BCUT2D eigenvalue weighted by Gasteiger charge is -2.24. The summed E-state index contributed by atoms with van der Waals surface area (Å²) in [6, 6.07) is 3.44.